The number of ketones is 1. The average molecular weight is 409 g/mol. The number of aryl methyl sites for hydroxylation is 2. The summed E-state index contributed by atoms with van der Waals surface area (Å²) in [7, 11) is 0. The summed E-state index contributed by atoms with van der Waals surface area (Å²) in [6.45, 7) is 14.4. The molecule has 31 heavy (non-hydrogen) atoms. The molecular formula is C30H32O. The van der Waals surface area contributed by atoms with Crippen LogP contribution in [0.4, 0.5) is 0 Å². The number of hydrogen-bond donors (Lipinski definition) is 0. The predicted octanol–water partition coefficient (Wildman–Crippen LogP) is 8.09. The van der Waals surface area contributed by atoms with E-state index in [1.807, 2.05) is 18.2 Å². The van der Waals surface area contributed by atoms with Gasteiger partial charge in [-0.1, -0.05) is 91.0 Å². The van der Waals surface area contributed by atoms with Crippen LogP contribution in [0.3, 0.4) is 0 Å². The third-order valence-corrected chi connectivity index (χ3v) is 5.98. The van der Waals surface area contributed by atoms with E-state index in [0.29, 0.717) is 5.92 Å². The van der Waals surface area contributed by atoms with Gasteiger partial charge < -0.3 is 0 Å². The van der Waals surface area contributed by atoms with Crippen molar-refractivity contribution in [3.8, 4) is 11.1 Å². The van der Waals surface area contributed by atoms with E-state index in [0.717, 1.165) is 30.4 Å². The third kappa shape index (κ3) is 6.15. The van der Waals surface area contributed by atoms with Crippen LogP contribution in [0, 0.1) is 12.8 Å². The van der Waals surface area contributed by atoms with E-state index in [4.69, 9.17) is 0 Å². The summed E-state index contributed by atoms with van der Waals surface area (Å²) in [6.07, 6.45) is 2.82. The van der Waals surface area contributed by atoms with Crippen molar-refractivity contribution in [3.05, 3.63) is 114 Å². The number of hydrogen-bond acceptors (Lipinski definition) is 1. The summed E-state index contributed by atoms with van der Waals surface area (Å²) in [5.74, 6) is 0.478. The topological polar surface area (TPSA) is 17.1 Å². The highest BCUT2D eigenvalue weighted by molar-refractivity contribution is 5.94. The lowest BCUT2D eigenvalue weighted by molar-refractivity contribution is 0.101. The van der Waals surface area contributed by atoms with Crippen LogP contribution in [0.25, 0.3) is 16.7 Å². The van der Waals surface area contributed by atoms with E-state index in [1.165, 1.54) is 33.4 Å². The minimum absolute atomic E-state index is 0.112. The Hall–Kier alpha value is -3.19. The quantitative estimate of drug-likeness (QED) is 0.258. The van der Waals surface area contributed by atoms with Crippen molar-refractivity contribution in [1.29, 1.82) is 0 Å². The van der Waals surface area contributed by atoms with E-state index in [2.05, 4.69) is 81.6 Å². The van der Waals surface area contributed by atoms with E-state index in [1.54, 1.807) is 6.92 Å². The molecule has 1 nitrogen and oxygen atoms in total. The van der Waals surface area contributed by atoms with Crippen LogP contribution < -0.4 is 0 Å². The van der Waals surface area contributed by atoms with Crippen molar-refractivity contribution in [2.24, 2.45) is 5.92 Å². The van der Waals surface area contributed by atoms with E-state index in [9.17, 15) is 4.79 Å². The van der Waals surface area contributed by atoms with Gasteiger partial charge in [-0.25, -0.2) is 0 Å². The predicted molar refractivity (Wildman–Crippen MR) is 133 cm³/mol. The Kier molecular flexibility index (Phi) is 7.41. The molecule has 1 unspecified atom stereocenters. The van der Waals surface area contributed by atoms with Crippen LogP contribution in [0.5, 0.6) is 0 Å². The zero-order valence-electron chi connectivity index (χ0n) is 18.9. The summed E-state index contributed by atoms with van der Waals surface area (Å²) in [4.78, 5) is 11.6. The molecule has 1 heteroatoms. The molecule has 0 aliphatic carbocycles. The first kappa shape index (κ1) is 22.5. The standard InChI is InChI=1S/C30H32O/c1-21(2)29(14-11-25-7-6-8-30(20-25)24(5)31)19-23(4)26-15-17-28(18-16-26)27-12-9-22(3)10-13-27/h6-10,12-13,15-18,20,29H,1,4,11,14,19H2,2-3,5H3. The van der Waals surface area contributed by atoms with Gasteiger partial charge in [-0.15, -0.1) is 0 Å². The Bertz CT molecular complexity index is 1070. The molecule has 0 amide bonds. The van der Waals surface area contributed by atoms with Crippen molar-refractivity contribution in [3.63, 3.8) is 0 Å². The summed E-state index contributed by atoms with van der Waals surface area (Å²) in [6, 6.07) is 25.3. The van der Waals surface area contributed by atoms with Crippen LogP contribution in [0.2, 0.25) is 0 Å². The van der Waals surface area contributed by atoms with Gasteiger partial charge in [0.25, 0.3) is 0 Å². The van der Waals surface area contributed by atoms with Crippen molar-refractivity contribution < 1.29 is 4.79 Å². The van der Waals surface area contributed by atoms with Crippen molar-refractivity contribution in [2.75, 3.05) is 0 Å². The fourth-order valence-corrected chi connectivity index (χ4v) is 3.87. The van der Waals surface area contributed by atoms with Crippen molar-refractivity contribution in [2.45, 2.75) is 40.0 Å². The Morgan fingerprint density at radius 1 is 0.839 bits per heavy atom. The number of rotatable bonds is 9. The fraction of sp³-hybridized carbons (Fsp3) is 0.233. The van der Waals surface area contributed by atoms with Crippen LogP contribution >= 0.6 is 0 Å². The minimum Gasteiger partial charge on any atom is -0.295 e. The first-order valence-electron chi connectivity index (χ1n) is 10.9. The lowest BCUT2D eigenvalue weighted by atomic mass is 9.86. The second-order valence-corrected chi connectivity index (χ2v) is 8.59. The number of allylic oxidation sites excluding steroid dienone is 2. The molecule has 3 aromatic carbocycles. The molecule has 0 fully saturated rings. The third-order valence-electron chi connectivity index (χ3n) is 5.98. The minimum atomic E-state index is 0.112. The summed E-state index contributed by atoms with van der Waals surface area (Å²) in [5.41, 5.74) is 9.21. The second-order valence-electron chi connectivity index (χ2n) is 8.59. The molecule has 0 spiro atoms. The molecule has 0 bridgehead atoms. The highest BCUT2D eigenvalue weighted by atomic mass is 16.1. The molecule has 0 radical (unpaired) electrons. The van der Waals surface area contributed by atoms with Crippen LogP contribution in [-0.2, 0) is 6.42 Å². The number of carbonyl (C=O) groups excluding carboxylic acids is 1. The Labute approximate surface area is 187 Å². The van der Waals surface area contributed by atoms with Gasteiger partial charge in [-0.2, -0.15) is 0 Å². The molecule has 158 valence electrons. The van der Waals surface area contributed by atoms with Gasteiger partial charge in [-0.3, -0.25) is 4.79 Å². The average Bonchev–Trinajstić information content (AvgIpc) is 2.77. The maximum Gasteiger partial charge on any atom is 0.159 e. The molecule has 0 N–H and O–H groups in total. The van der Waals surface area contributed by atoms with Gasteiger partial charge in [0.15, 0.2) is 5.78 Å². The highest BCUT2D eigenvalue weighted by Crippen LogP contribution is 2.30. The van der Waals surface area contributed by atoms with E-state index < -0.39 is 0 Å². The van der Waals surface area contributed by atoms with Gasteiger partial charge in [0.1, 0.15) is 0 Å². The second kappa shape index (κ2) is 10.2. The largest absolute Gasteiger partial charge is 0.295 e. The maximum absolute atomic E-state index is 11.6. The molecule has 0 saturated carbocycles. The molecule has 3 rings (SSSR count). The van der Waals surface area contributed by atoms with E-state index in [-0.39, 0.29) is 5.78 Å². The maximum atomic E-state index is 11.6. The van der Waals surface area contributed by atoms with E-state index >= 15 is 0 Å². The number of Topliss-reactive ketones (excluding diaryl/α,β-unsaturated/α-hetero) is 1. The van der Waals surface area contributed by atoms with Crippen molar-refractivity contribution in [1.82, 2.24) is 0 Å². The monoisotopic (exact) mass is 408 g/mol. The molecule has 0 heterocycles. The SMILES string of the molecule is C=C(CC(CCc1cccc(C(C)=O)c1)C(=C)C)c1ccc(-c2ccc(C)cc2)cc1. The zero-order valence-corrected chi connectivity index (χ0v) is 18.9. The Morgan fingerprint density at radius 3 is 2.03 bits per heavy atom. The summed E-state index contributed by atoms with van der Waals surface area (Å²) < 4.78 is 0. The van der Waals surface area contributed by atoms with Crippen molar-refractivity contribution >= 4 is 11.4 Å². The van der Waals surface area contributed by atoms with Crippen LogP contribution in [0.1, 0.15) is 53.7 Å². The van der Waals surface area contributed by atoms with Gasteiger partial charge >= 0.3 is 0 Å². The van der Waals surface area contributed by atoms with Gasteiger partial charge in [0.2, 0.25) is 0 Å². The highest BCUT2D eigenvalue weighted by Gasteiger charge is 2.13. The summed E-state index contributed by atoms with van der Waals surface area (Å²) >= 11 is 0. The molecule has 3 aromatic rings. The molecule has 0 aliphatic heterocycles. The van der Waals surface area contributed by atoms with Gasteiger partial charge in [0, 0.05) is 5.56 Å². The van der Waals surface area contributed by atoms with Crippen LogP contribution in [-0.4, -0.2) is 5.78 Å². The molecule has 0 aromatic heterocycles. The molecule has 0 aliphatic rings. The lowest BCUT2D eigenvalue weighted by Gasteiger charge is -2.19. The number of benzene rings is 3. The zero-order chi connectivity index (χ0) is 22.4. The fourth-order valence-electron chi connectivity index (χ4n) is 3.87. The Morgan fingerprint density at radius 2 is 1.45 bits per heavy atom. The first-order valence-corrected chi connectivity index (χ1v) is 10.9. The normalized spacial score (nSPS) is 11.7. The molecular weight excluding hydrogens is 376 g/mol. The molecule has 1 atom stereocenters. The Balaban J connectivity index is 1.65. The van der Waals surface area contributed by atoms with Crippen LogP contribution in [0.15, 0.2) is 91.5 Å². The van der Waals surface area contributed by atoms with Gasteiger partial charge in [-0.05, 0) is 79.8 Å². The first-order chi connectivity index (χ1) is 14.8. The lowest BCUT2D eigenvalue weighted by Crippen LogP contribution is -2.05. The summed E-state index contributed by atoms with van der Waals surface area (Å²) in [5, 5.41) is 0. The molecule has 0 saturated heterocycles. The number of carbonyl (C=O) groups is 1. The van der Waals surface area contributed by atoms with Gasteiger partial charge in [0.05, 0.1) is 0 Å². The smallest absolute Gasteiger partial charge is 0.159 e.